The molecule has 0 saturated carbocycles. The molecule has 2 amide bonds. The Hall–Kier alpha value is -3.45. The number of hydrogen-bond acceptors (Lipinski definition) is 4. The molecular weight excluding hydrogens is 382 g/mol. The zero-order valence-corrected chi connectivity index (χ0v) is 17.2. The molecular formula is C22H21N5OS. The van der Waals surface area contributed by atoms with Crippen molar-refractivity contribution >= 4 is 28.2 Å². The summed E-state index contributed by atoms with van der Waals surface area (Å²) in [6.07, 6.45) is 0. The van der Waals surface area contributed by atoms with Gasteiger partial charge in [0.05, 0.1) is 5.01 Å². The first kappa shape index (κ1) is 18.9. The lowest BCUT2D eigenvalue weighted by atomic mass is 10.1. The van der Waals surface area contributed by atoms with Crippen molar-refractivity contribution in [2.24, 2.45) is 7.05 Å². The monoisotopic (exact) mass is 403 g/mol. The van der Waals surface area contributed by atoms with Gasteiger partial charge in [-0.3, -0.25) is 10.6 Å². The molecule has 4 aromatic rings. The van der Waals surface area contributed by atoms with Crippen molar-refractivity contribution in [1.29, 1.82) is 0 Å². The van der Waals surface area contributed by atoms with Gasteiger partial charge in [0.15, 0.2) is 0 Å². The number of aromatic nitrogens is 3. The average molecular weight is 404 g/mol. The summed E-state index contributed by atoms with van der Waals surface area (Å²) >= 11 is 1.45. The number of nitrogens with one attached hydrogen (secondary N) is 2. The Morgan fingerprint density at radius 1 is 0.862 bits per heavy atom. The van der Waals surface area contributed by atoms with E-state index in [0.29, 0.717) is 10.8 Å². The highest BCUT2D eigenvalue weighted by Gasteiger charge is 2.18. The Balaban J connectivity index is 1.61. The molecule has 7 heteroatoms. The van der Waals surface area contributed by atoms with Gasteiger partial charge in [-0.2, -0.15) is 0 Å². The van der Waals surface area contributed by atoms with Crippen molar-refractivity contribution in [1.82, 2.24) is 14.5 Å². The van der Waals surface area contributed by atoms with Gasteiger partial charge in [-0.15, -0.1) is 11.3 Å². The Morgan fingerprint density at radius 3 is 2.07 bits per heavy atom. The lowest BCUT2D eigenvalue weighted by Crippen LogP contribution is -2.21. The van der Waals surface area contributed by atoms with Crippen molar-refractivity contribution in [3.05, 3.63) is 71.5 Å². The molecule has 0 radical (unpaired) electrons. The summed E-state index contributed by atoms with van der Waals surface area (Å²) in [7, 11) is 1.89. The summed E-state index contributed by atoms with van der Waals surface area (Å²) in [4.78, 5) is 22.0. The normalized spacial score (nSPS) is 10.7. The van der Waals surface area contributed by atoms with Crippen LogP contribution < -0.4 is 10.6 Å². The molecule has 0 aliphatic carbocycles. The second kappa shape index (κ2) is 7.89. The summed E-state index contributed by atoms with van der Waals surface area (Å²) in [5.74, 6) is 1.46. The minimum absolute atomic E-state index is 0.328. The summed E-state index contributed by atoms with van der Waals surface area (Å²) < 4.78 is 1.87. The van der Waals surface area contributed by atoms with Gasteiger partial charge in [0, 0.05) is 18.2 Å². The molecule has 0 fully saturated rings. The van der Waals surface area contributed by atoms with E-state index in [-0.39, 0.29) is 6.03 Å². The van der Waals surface area contributed by atoms with Crippen molar-refractivity contribution in [3.8, 4) is 22.5 Å². The lowest BCUT2D eigenvalue weighted by Gasteiger charge is -2.10. The van der Waals surface area contributed by atoms with Crippen molar-refractivity contribution in [2.45, 2.75) is 13.8 Å². The van der Waals surface area contributed by atoms with Gasteiger partial charge in [-0.1, -0.05) is 60.7 Å². The smallest absolute Gasteiger partial charge is 0.318 e. The first-order valence-corrected chi connectivity index (χ1v) is 10.0. The second-order valence-corrected chi connectivity index (χ2v) is 7.84. The summed E-state index contributed by atoms with van der Waals surface area (Å²) in [6, 6.07) is 19.3. The highest BCUT2D eigenvalue weighted by atomic mass is 32.1. The van der Waals surface area contributed by atoms with Gasteiger partial charge in [-0.05, 0) is 13.8 Å². The Kier molecular flexibility index (Phi) is 5.14. The predicted octanol–water partition coefficient (Wildman–Crippen LogP) is 5.47. The number of aryl methyl sites for hydroxylation is 2. The third-order valence-electron chi connectivity index (χ3n) is 4.61. The van der Waals surface area contributed by atoms with Crippen LogP contribution in [0.4, 0.5) is 15.6 Å². The number of urea groups is 1. The van der Waals surface area contributed by atoms with E-state index in [1.54, 1.807) is 0 Å². The van der Waals surface area contributed by atoms with E-state index >= 15 is 0 Å². The molecule has 0 aliphatic heterocycles. The van der Waals surface area contributed by atoms with E-state index in [2.05, 4.69) is 20.6 Å². The van der Waals surface area contributed by atoms with Crippen LogP contribution in [0.5, 0.6) is 0 Å². The van der Waals surface area contributed by atoms with Gasteiger partial charge in [0.1, 0.15) is 28.0 Å². The maximum atomic E-state index is 12.8. The fraction of sp³-hybridized carbons (Fsp3) is 0.136. The second-order valence-electron chi connectivity index (χ2n) is 6.64. The van der Waals surface area contributed by atoms with Gasteiger partial charge in [0.2, 0.25) is 0 Å². The summed E-state index contributed by atoms with van der Waals surface area (Å²) in [6.45, 7) is 3.84. The molecule has 0 saturated heterocycles. The molecule has 2 N–H and O–H groups in total. The molecule has 0 bridgehead atoms. The molecule has 4 rings (SSSR count). The van der Waals surface area contributed by atoms with Crippen LogP contribution in [0.2, 0.25) is 0 Å². The summed E-state index contributed by atoms with van der Waals surface area (Å²) in [5, 5.41) is 7.53. The van der Waals surface area contributed by atoms with Crippen LogP contribution in [0.1, 0.15) is 10.8 Å². The van der Waals surface area contributed by atoms with Crippen LogP contribution in [0.3, 0.4) is 0 Å². The molecule has 0 spiro atoms. The minimum atomic E-state index is -0.328. The molecule has 2 heterocycles. The number of thiazole rings is 1. The topological polar surface area (TPSA) is 71.8 Å². The van der Waals surface area contributed by atoms with Crippen molar-refractivity contribution in [3.63, 3.8) is 0 Å². The lowest BCUT2D eigenvalue weighted by molar-refractivity contribution is 0.262. The van der Waals surface area contributed by atoms with E-state index in [1.165, 1.54) is 11.3 Å². The fourth-order valence-corrected chi connectivity index (χ4v) is 3.93. The number of imidazole rings is 1. The molecule has 0 atom stereocenters. The van der Waals surface area contributed by atoms with E-state index < -0.39 is 0 Å². The maximum absolute atomic E-state index is 12.8. The van der Waals surface area contributed by atoms with Crippen LogP contribution in [0.15, 0.2) is 60.7 Å². The molecule has 0 unspecified atom stereocenters. The summed E-state index contributed by atoms with van der Waals surface area (Å²) in [5.41, 5.74) is 3.43. The third-order valence-corrected chi connectivity index (χ3v) is 5.49. The standard InChI is InChI=1S/C22H21N5OS/c1-14-23-18(16-10-6-4-7-11-16)20(27(14)3)25-22(28)26-21-19(24-15(2)29-21)17-12-8-5-9-13-17/h4-13H,1-3H3,(H2,25,26,28). The number of anilines is 2. The van der Waals surface area contributed by atoms with Gasteiger partial charge >= 0.3 is 6.03 Å². The van der Waals surface area contributed by atoms with Gasteiger partial charge < -0.3 is 4.57 Å². The molecule has 29 heavy (non-hydrogen) atoms. The maximum Gasteiger partial charge on any atom is 0.325 e. The van der Waals surface area contributed by atoms with Crippen LogP contribution in [0, 0.1) is 13.8 Å². The number of carbonyl (C=O) groups is 1. The van der Waals surface area contributed by atoms with E-state index in [1.807, 2.05) is 86.1 Å². The molecule has 2 aromatic carbocycles. The highest BCUT2D eigenvalue weighted by Crippen LogP contribution is 2.33. The Bertz CT molecular complexity index is 1150. The number of nitrogens with zero attached hydrogens (tertiary/aromatic N) is 3. The van der Waals surface area contributed by atoms with E-state index in [9.17, 15) is 4.79 Å². The zero-order valence-electron chi connectivity index (χ0n) is 16.4. The average Bonchev–Trinajstić information content (AvgIpc) is 3.23. The number of carbonyl (C=O) groups excluding carboxylic acids is 1. The van der Waals surface area contributed by atoms with Crippen LogP contribution in [-0.2, 0) is 7.05 Å². The van der Waals surface area contributed by atoms with Crippen molar-refractivity contribution < 1.29 is 4.79 Å². The number of rotatable bonds is 4. The molecule has 2 aromatic heterocycles. The Morgan fingerprint density at radius 2 is 1.45 bits per heavy atom. The van der Waals surface area contributed by atoms with Gasteiger partial charge in [-0.25, -0.2) is 14.8 Å². The van der Waals surface area contributed by atoms with Crippen LogP contribution in [0.25, 0.3) is 22.5 Å². The first-order valence-electron chi connectivity index (χ1n) is 9.22. The van der Waals surface area contributed by atoms with E-state index in [4.69, 9.17) is 0 Å². The highest BCUT2D eigenvalue weighted by molar-refractivity contribution is 7.16. The molecule has 0 aliphatic rings. The number of hydrogen-bond donors (Lipinski definition) is 2. The largest absolute Gasteiger partial charge is 0.325 e. The number of amides is 2. The fourth-order valence-electron chi connectivity index (χ4n) is 3.10. The Labute approximate surface area is 173 Å². The minimum Gasteiger partial charge on any atom is -0.318 e. The SMILES string of the molecule is Cc1nc(-c2ccccc2)c(NC(=O)Nc2c(-c3ccccc3)nc(C)n2C)s1. The molecule has 6 nitrogen and oxygen atoms in total. The van der Waals surface area contributed by atoms with E-state index in [0.717, 1.165) is 33.3 Å². The van der Waals surface area contributed by atoms with Crippen molar-refractivity contribution in [2.75, 3.05) is 10.6 Å². The predicted molar refractivity (Wildman–Crippen MR) is 118 cm³/mol. The zero-order chi connectivity index (χ0) is 20.4. The van der Waals surface area contributed by atoms with Crippen LogP contribution in [-0.4, -0.2) is 20.6 Å². The third kappa shape index (κ3) is 3.90. The van der Waals surface area contributed by atoms with Gasteiger partial charge in [0.25, 0.3) is 0 Å². The van der Waals surface area contributed by atoms with Crippen LogP contribution >= 0.6 is 11.3 Å². The molecule has 146 valence electrons. The quantitative estimate of drug-likeness (QED) is 0.474. The first-order chi connectivity index (χ1) is 14.0. The number of benzene rings is 2.